The molecule has 0 radical (unpaired) electrons. The maximum atomic E-state index is 13.8. The van der Waals surface area contributed by atoms with Crippen LogP contribution in [0.25, 0.3) is 0 Å². The summed E-state index contributed by atoms with van der Waals surface area (Å²) < 4.78 is 13.8. The van der Waals surface area contributed by atoms with Gasteiger partial charge in [0.1, 0.15) is 11.9 Å². The number of guanidine groups is 1. The molecule has 1 aromatic rings. The van der Waals surface area contributed by atoms with E-state index in [0.29, 0.717) is 12.0 Å². The van der Waals surface area contributed by atoms with Gasteiger partial charge in [-0.1, -0.05) is 30.4 Å². The fraction of sp³-hybridized carbons (Fsp3) is 0.550. The van der Waals surface area contributed by atoms with E-state index in [9.17, 15) is 9.50 Å². The van der Waals surface area contributed by atoms with Gasteiger partial charge in [-0.2, -0.15) is 0 Å². The van der Waals surface area contributed by atoms with Crippen molar-refractivity contribution >= 4 is 29.9 Å². The number of aliphatic hydroxyl groups excluding tert-OH is 1. The van der Waals surface area contributed by atoms with Crippen LogP contribution in [0.3, 0.4) is 0 Å². The standard InChI is InChI=1S/C20H31FN4O.HI/c1-4-22-20(23-13-19(26)17-7-5-6-8-18(17)21)24-16-9-11-25(12-10-16)14-15(2)3;/h5-8,16,19,26H,2,4,9-14H2,1,3H3,(H2,22,23,24);1H. The molecule has 0 aliphatic carbocycles. The molecule has 1 atom stereocenters. The van der Waals surface area contributed by atoms with E-state index in [4.69, 9.17) is 0 Å². The summed E-state index contributed by atoms with van der Waals surface area (Å²) >= 11 is 0. The predicted molar refractivity (Wildman–Crippen MR) is 120 cm³/mol. The molecule has 0 spiro atoms. The fourth-order valence-corrected chi connectivity index (χ4v) is 3.15. The van der Waals surface area contributed by atoms with Gasteiger partial charge in [0.15, 0.2) is 5.96 Å². The maximum absolute atomic E-state index is 13.8. The zero-order chi connectivity index (χ0) is 18.9. The highest BCUT2D eigenvalue weighted by Crippen LogP contribution is 2.17. The summed E-state index contributed by atoms with van der Waals surface area (Å²) in [6.07, 6.45) is 1.12. The summed E-state index contributed by atoms with van der Waals surface area (Å²) in [4.78, 5) is 6.85. The molecule has 27 heavy (non-hydrogen) atoms. The first-order chi connectivity index (χ1) is 12.5. The van der Waals surface area contributed by atoms with Gasteiger partial charge in [-0.05, 0) is 32.8 Å². The normalized spacial score (nSPS) is 17.1. The van der Waals surface area contributed by atoms with Crippen molar-refractivity contribution in [2.24, 2.45) is 4.99 Å². The maximum Gasteiger partial charge on any atom is 0.191 e. The summed E-state index contributed by atoms with van der Waals surface area (Å²) in [6.45, 7) is 11.9. The first-order valence-corrected chi connectivity index (χ1v) is 9.33. The highest BCUT2D eigenvalue weighted by atomic mass is 127. The SMILES string of the molecule is C=C(C)CN1CCC(NC(=NCC(O)c2ccccc2F)NCC)CC1.I. The Morgan fingerprint density at radius 3 is 2.63 bits per heavy atom. The predicted octanol–water partition coefficient (Wildman–Crippen LogP) is 3.07. The van der Waals surface area contributed by atoms with Crippen LogP contribution >= 0.6 is 24.0 Å². The molecule has 1 fully saturated rings. The molecule has 0 amide bonds. The molecule has 0 bridgehead atoms. The summed E-state index contributed by atoms with van der Waals surface area (Å²) in [7, 11) is 0. The van der Waals surface area contributed by atoms with Gasteiger partial charge in [0.25, 0.3) is 0 Å². The van der Waals surface area contributed by atoms with Gasteiger partial charge in [0, 0.05) is 37.8 Å². The van der Waals surface area contributed by atoms with E-state index < -0.39 is 11.9 Å². The number of rotatable bonds is 7. The van der Waals surface area contributed by atoms with Crippen LogP contribution in [0.15, 0.2) is 41.4 Å². The second kappa shape index (κ2) is 12.3. The van der Waals surface area contributed by atoms with E-state index in [2.05, 4.69) is 34.0 Å². The van der Waals surface area contributed by atoms with Crippen molar-refractivity contribution in [3.8, 4) is 0 Å². The van der Waals surface area contributed by atoms with Crippen LogP contribution in [-0.2, 0) is 0 Å². The van der Waals surface area contributed by atoms with Crippen LogP contribution in [0.4, 0.5) is 4.39 Å². The highest BCUT2D eigenvalue weighted by molar-refractivity contribution is 14.0. The molecule has 2 rings (SSSR count). The minimum absolute atomic E-state index is 0. The van der Waals surface area contributed by atoms with Crippen molar-refractivity contribution in [2.45, 2.75) is 38.8 Å². The molecule has 0 aromatic heterocycles. The molecular formula is C20H32FIN4O. The number of hydrogen-bond donors (Lipinski definition) is 3. The van der Waals surface area contributed by atoms with E-state index in [-0.39, 0.29) is 36.1 Å². The van der Waals surface area contributed by atoms with Gasteiger partial charge < -0.3 is 15.7 Å². The monoisotopic (exact) mass is 490 g/mol. The van der Waals surface area contributed by atoms with Gasteiger partial charge in [-0.25, -0.2) is 4.39 Å². The Morgan fingerprint density at radius 2 is 2.04 bits per heavy atom. The molecule has 1 unspecified atom stereocenters. The minimum atomic E-state index is -0.955. The molecule has 1 aromatic carbocycles. The van der Waals surface area contributed by atoms with Crippen LogP contribution in [0, 0.1) is 5.82 Å². The second-order valence-corrected chi connectivity index (χ2v) is 6.91. The van der Waals surface area contributed by atoms with Crippen LogP contribution in [0.2, 0.25) is 0 Å². The van der Waals surface area contributed by atoms with E-state index in [1.807, 2.05) is 6.92 Å². The Kier molecular flexibility index (Phi) is 10.9. The molecule has 1 aliphatic heterocycles. The zero-order valence-electron chi connectivity index (χ0n) is 16.2. The van der Waals surface area contributed by atoms with E-state index >= 15 is 0 Å². The lowest BCUT2D eigenvalue weighted by Gasteiger charge is -2.33. The number of likely N-dealkylation sites (tertiary alicyclic amines) is 1. The number of benzene rings is 1. The van der Waals surface area contributed by atoms with Crippen molar-refractivity contribution in [3.63, 3.8) is 0 Å². The van der Waals surface area contributed by atoms with Gasteiger partial charge in [-0.3, -0.25) is 9.89 Å². The number of halogens is 2. The zero-order valence-corrected chi connectivity index (χ0v) is 18.6. The fourth-order valence-electron chi connectivity index (χ4n) is 3.15. The van der Waals surface area contributed by atoms with Crippen LogP contribution in [-0.4, -0.2) is 54.7 Å². The Labute approximate surface area is 179 Å². The van der Waals surface area contributed by atoms with E-state index in [1.165, 1.54) is 11.6 Å². The minimum Gasteiger partial charge on any atom is -0.386 e. The van der Waals surface area contributed by atoms with E-state index in [0.717, 1.165) is 39.0 Å². The largest absolute Gasteiger partial charge is 0.386 e. The summed E-state index contributed by atoms with van der Waals surface area (Å²) in [5.41, 5.74) is 1.47. The number of nitrogens with zero attached hydrogens (tertiary/aromatic N) is 2. The first-order valence-electron chi connectivity index (χ1n) is 9.33. The quantitative estimate of drug-likeness (QED) is 0.238. The van der Waals surface area contributed by atoms with Gasteiger partial charge in [-0.15, -0.1) is 24.0 Å². The summed E-state index contributed by atoms with van der Waals surface area (Å²) in [5.74, 6) is 0.263. The number of aliphatic hydroxyl groups is 1. The van der Waals surface area contributed by atoms with Crippen LogP contribution in [0.5, 0.6) is 0 Å². The number of nitrogens with one attached hydrogen (secondary N) is 2. The molecule has 7 heteroatoms. The molecule has 152 valence electrons. The second-order valence-electron chi connectivity index (χ2n) is 6.91. The molecule has 1 saturated heterocycles. The first kappa shape index (κ1) is 23.8. The van der Waals surface area contributed by atoms with Crippen molar-refractivity contribution in [1.82, 2.24) is 15.5 Å². The number of aliphatic imine (C=N–C) groups is 1. The third-order valence-electron chi connectivity index (χ3n) is 4.45. The van der Waals surface area contributed by atoms with Crippen molar-refractivity contribution in [1.29, 1.82) is 0 Å². The third kappa shape index (κ3) is 8.15. The Hall–Kier alpha value is -1.19. The lowest BCUT2D eigenvalue weighted by Crippen LogP contribution is -2.49. The van der Waals surface area contributed by atoms with Crippen LogP contribution < -0.4 is 10.6 Å². The Bertz CT molecular complexity index is 618. The van der Waals surface area contributed by atoms with Crippen molar-refractivity contribution in [2.75, 3.05) is 32.7 Å². The van der Waals surface area contributed by atoms with Crippen molar-refractivity contribution in [3.05, 3.63) is 47.8 Å². The van der Waals surface area contributed by atoms with Gasteiger partial charge in [0.05, 0.1) is 6.54 Å². The molecule has 5 nitrogen and oxygen atoms in total. The molecule has 3 N–H and O–H groups in total. The van der Waals surface area contributed by atoms with Gasteiger partial charge >= 0.3 is 0 Å². The lowest BCUT2D eigenvalue weighted by molar-refractivity contribution is 0.182. The Morgan fingerprint density at radius 1 is 1.37 bits per heavy atom. The average molecular weight is 490 g/mol. The van der Waals surface area contributed by atoms with Gasteiger partial charge in [0.2, 0.25) is 0 Å². The van der Waals surface area contributed by atoms with Crippen LogP contribution in [0.1, 0.15) is 38.4 Å². The highest BCUT2D eigenvalue weighted by Gasteiger charge is 2.20. The smallest absolute Gasteiger partial charge is 0.191 e. The molecule has 0 saturated carbocycles. The molecular weight excluding hydrogens is 458 g/mol. The molecule has 1 heterocycles. The lowest BCUT2D eigenvalue weighted by atomic mass is 10.0. The Balaban J connectivity index is 0.00000364. The summed E-state index contributed by atoms with van der Waals surface area (Å²) in [6, 6.07) is 6.62. The molecule has 1 aliphatic rings. The topological polar surface area (TPSA) is 59.9 Å². The number of hydrogen-bond acceptors (Lipinski definition) is 3. The average Bonchev–Trinajstić information content (AvgIpc) is 2.61. The third-order valence-corrected chi connectivity index (χ3v) is 4.45. The number of piperidine rings is 1. The summed E-state index contributed by atoms with van der Waals surface area (Å²) in [5, 5.41) is 16.9. The van der Waals surface area contributed by atoms with E-state index in [1.54, 1.807) is 18.2 Å². The van der Waals surface area contributed by atoms with Crippen molar-refractivity contribution < 1.29 is 9.50 Å².